The molecule has 0 spiro atoms. The summed E-state index contributed by atoms with van der Waals surface area (Å²) in [4.78, 5) is 13.4. The predicted octanol–water partition coefficient (Wildman–Crippen LogP) is 1.45. The minimum absolute atomic E-state index is 0.0567. The topological polar surface area (TPSA) is 79.1 Å². The number of aromatic amines is 1. The average Bonchev–Trinajstić information content (AvgIpc) is 2.45. The number of benzene rings is 1. The van der Waals surface area contributed by atoms with Crippen molar-refractivity contribution in [1.29, 1.82) is 0 Å². The van der Waals surface area contributed by atoms with Crippen molar-refractivity contribution in [3.63, 3.8) is 0 Å². The summed E-state index contributed by atoms with van der Waals surface area (Å²) in [6.45, 7) is 0. The van der Waals surface area contributed by atoms with Crippen LogP contribution in [0.1, 0.15) is 10.5 Å². The van der Waals surface area contributed by atoms with Gasteiger partial charge in [-0.2, -0.15) is 0 Å². The van der Waals surface area contributed by atoms with E-state index in [0.717, 1.165) is 10.9 Å². The zero-order chi connectivity index (χ0) is 9.42. The van der Waals surface area contributed by atoms with Crippen LogP contribution in [0.25, 0.3) is 10.9 Å². The molecule has 2 aromatic rings. The number of nitrogen functional groups attached to an aromatic ring is 1. The van der Waals surface area contributed by atoms with Gasteiger partial charge in [-0.25, -0.2) is 4.79 Å². The number of aromatic carboxylic acids is 1. The number of nitrogens with two attached hydrogens (primary N) is 1. The van der Waals surface area contributed by atoms with Gasteiger partial charge in [-0.05, 0) is 6.07 Å². The van der Waals surface area contributed by atoms with Gasteiger partial charge < -0.3 is 15.8 Å². The molecule has 0 aliphatic rings. The number of para-hydroxylation sites is 1. The Bertz CT molecular complexity index is 473. The number of carboxylic acids is 1. The number of nitrogens with one attached hydrogen (secondary N) is 1. The van der Waals surface area contributed by atoms with Crippen LogP contribution in [0.5, 0.6) is 0 Å². The highest BCUT2D eigenvalue weighted by atomic mass is 16.4. The normalized spacial score (nSPS) is 10.5. The van der Waals surface area contributed by atoms with Crippen molar-refractivity contribution < 1.29 is 9.90 Å². The van der Waals surface area contributed by atoms with Gasteiger partial charge in [0, 0.05) is 10.9 Å². The molecule has 0 atom stereocenters. The molecular weight excluding hydrogens is 168 g/mol. The zero-order valence-electron chi connectivity index (χ0n) is 6.74. The van der Waals surface area contributed by atoms with E-state index in [1.54, 1.807) is 12.1 Å². The summed E-state index contributed by atoms with van der Waals surface area (Å²) in [6, 6.07) is 7.22. The molecule has 2 rings (SSSR count). The molecule has 0 bridgehead atoms. The SMILES string of the molecule is Nc1c(C(=O)O)[nH]c2ccccc12. The standard InChI is InChI=1S/C9H8N2O2/c10-7-5-3-1-2-4-6(5)11-8(7)9(12)13/h1-4,11H,10H2,(H,12,13). The molecule has 66 valence electrons. The van der Waals surface area contributed by atoms with E-state index in [1.165, 1.54) is 0 Å². The third-order valence-corrected chi connectivity index (χ3v) is 1.96. The first-order chi connectivity index (χ1) is 6.20. The lowest BCUT2D eigenvalue weighted by molar-refractivity contribution is 0.0692. The van der Waals surface area contributed by atoms with Crippen LogP contribution in [0, 0.1) is 0 Å². The number of carbonyl (C=O) groups is 1. The van der Waals surface area contributed by atoms with E-state index < -0.39 is 5.97 Å². The van der Waals surface area contributed by atoms with Gasteiger partial charge in [0.25, 0.3) is 0 Å². The van der Waals surface area contributed by atoms with E-state index in [2.05, 4.69) is 4.98 Å². The Balaban J connectivity index is 2.81. The van der Waals surface area contributed by atoms with Crippen LogP contribution >= 0.6 is 0 Å². The third-order valence-electron chi connectivity index (χ3n) is 1.96. The Kier molecular flexibility index (Phi) is 1.48. The first kappa shape index (κ1) is 7.67. The van der Waals surface area contributed by atoms with Crippen LogP contribution in [0.2, 0.25) is 0 Å². The molecule has 4 nitrogen and oxygen atoms in total. The number of aromatic nitrogens is 1. The number of fused-ring (bicyclic) bond motifs is 1. The minimum Gasteiger partial charge on any atom is -0.477 e. The highest BCUT2D eigenvalue weighted by Crippen LogP contribution is 2.23. The lowest BCUT2D eigenvalue weighted by Gasteiger charge is -1.90. The van der Waals surface area contributed by atoms with Gasteiger partial charge in [-0.1, -0.05) is 18.2 Å². The maximum Gasteiger partial charge on any atom is 0.354 e. The summed E-state index contributed by atoms with van der Waals surface area (Å²) in [5.41, 5.74) is 6.73. The molecule has 0 amide bonds. The van der Waals surface area contributed by atoms with Gasteiger partial charge >= 0.3 is 5.97 Å². The van der Waals surface area contributed by atoms with E-state index in [4.69, 9.17) is 10.8 Å². The fourth-order valence-electron chi connectivity index (χ4n) is 1.33. The second-order valence-corrected chi connectivity index (χ2v) is 2.76. The van der Waals surface area contributed by atoms with E-state index in [-0.39, 0.29) is 5.69 Å². The van der Waals surface area contributed by atoms with Crippen molar-refractivity contribution in [3.8, 4) is 0 Å². The Hall–Kier alpha value is -1.97. The molecule has 1 aromatic carbocycles. The maximum absolute atomic E-state index is 10.7. The second-order valence-electron chi connectivity index (χ2n) is 2.76. The molecule has 1 heterocycles. The van der Waals surface area contributed by atoms with Crippen LogP contribution < -0.4 is 5.73 Å². The van der Waals surface area contributed by atoms with Gasteiger partial charge in [-0.3, -0.25) is 0 Å². The summed E-state index contributed by atoms with van der Waals surface area (Å²) in [5.74, 6) is -1.03. The van der Waals surface area contributed by atoms with Crippen molar-refractivity contribution >= 4 is 22.6 Å². The Labute approximate surface area is 74.0 Å². The molecule has 13 heavy (non-hydrogen) atoms. The molecular formula is C9H8N2O2. The summed E-state index contributed by atoms with van der Waals surface area (Å²) in [7, 11) is 0. The Morgan fingerprint density at radius 2 is 2.08 bits per heavy atom. The molecule has 0 fully saturated rings. The molecule has 0 radical (unpaired) electrons. The molecule has 0 saturated heterocycles. The first-order valence-electron chi connectivity index (χ1n) is 3.79. The van der Waals surface area contributed by atoms with Gasteiger partial charge in [0.15, 0.2) is 0 Å². The highest BCUT2D eigenvalue weighted by molar-refractivity contribution is 6.04. The van der Waals surface area contributed by atoms with E-state index in [0.29, 0.717) is 5.69 Å². The number of anilines is 1. The fraction of sp³-hybridized carbons (Fsp3) is 0. The number of rotatable bonds is 1. The van der Waals surface area contributed by atoms with Crippen molar-refractivity contribution in [2.24, 2.45) is 0 Å². The predicted molar refractivity (Wildman–Crippen MR) is 49.7 cm³/mol. The number of H-pyrrole nitrogens is 1. The number of hydrogen-bond acceptors (Lipinski definition) is 2. The maximum atomic E-state index is 10.7. The molecule has 4 heteroatoms. The van der Waals surface area contributed by atoms with Gasteiger partial charge in [-0.15, -0.1) is 0 Å². The van der Waals surface area contributed by atoms with Crippen LogP contribution in [0.3, 0.4) is 0 Å². The molecule has 0 aliphatic carbocycles. The molecule has 0 unspecified atom stereocenters. The largest absolute Gasteiger partial charge is 0.477 e. The Morgan fingerprint density at radius 3 is 2.69 bits per heavy atom. The van der Waals surface area contributed by atoms with Crippen molar-refractivity contribution in [2.45, 2.75) is 0 Å². The van der Waals surface area contributed by atoms with Crippen molar-refractivity contribution in [2.75, 3.05) is 5.73 Å². The Morgan fingerprint density at radius 1 is 1.38 bits per heavy atom. The summed E-state index contributed by atoms with van der Waals surface area (Å²) >= 11 is 0. The lowest BCUT2D eigenvalue weighted by atomic mass is 10.2. The average molecular weight is 176 g/mol. The quantitative estimate of drug-likeness (QED) is 0.615. The zero-order valence-corrected chi connectivity index (χ0v) is 6.74. The summed E-state index contributed by atoms with van der Waals surface area (Å²) in [5, 5.41) is 9.51. The van der Waals surface area contributed by atoms with Crippen LogP contribution in [-0.2, 0) is 0 Å². The first-order valence-corrected chi connectivity index (χ1v) is 3.79. The number of carboxylic acid groups (broad SMARTS) is 1. The van der Waals surface area contributed by atoms with Gasteiger partial charge in [0.1, 0.15) is 5.69 Å². The molecule has 0 saturated carbocycles. The summed E-state index contributed by atoms with van der Waals surface area (Å²) in [6.07, 6.45) is 0. The molecule has 4 N–H and O–H groups in total. The second kappa shape index (κ2) is 2.52. The van der Waals surface area contributed by atoms with E-state index >= 15 is 0 Å². The summed E-state index contributed by atoms with van der Waals surface area (Å²) < 4.78 is 0. The van der Waals surface area contributed by atoms with Gasteiger partial charge in [0.2, 0.25) is 0 Å². The lowest BCUT2D eigenvalue weighted by Crippen LogP contribution is -2.00. The molecule has 0 aliphatic heterocycles. The number of hydrogen-bond donors (Lipinski definition) is 3. The highest BCUT2D eigenvalue weighted by Gasteiger charge is 2.13. The van der Waals surface area contributed by atoms with Gasteiger partial charge in [0.05, 0.1) is 5.69 Å². The monoisotopic (exact) mass is 176 g/mol. The third kappa shape index (κ3) is 1.03. The van der Waals surface area contributed by atoms with Crippen LogP contribution in [0.4, 0.5) is 5.69 Å². The minimum atomic E-state index is -1.03. The fourth-order valence-corrected chi connectivity index (χ4v) is 1.33. The van der Waals surface area contributed by atoms with Crippen LogP contribution in [0.15, 0.2) is 24.3 Å². The smallest absolute Gasteiger partial charge is 0.354 e. The van der Waals surface area contributed by atoms with E-state index in [9.17, 15) is 4.79 Å². The van der Waals surface area contributed by atoms with E-state index in [1.807, 2.05) is 12.1 Å². The van der Waals surface area contributed by atoms with Crippen molar-refractivity contribution in [1.82, 2.24) is 4.98 Å². The van der Waals surface area contributed by atoms with Crippen LogP contribution in [-0.4, -0.2) is 16.1 Å². The van der Waals surface area contributed by atoms with Crippen molar-refractivity contribution in [3.05, 3.63) is 30.0 Å². The molecule has 1 aromatic heterocycles.